The van der Waals surface area contributed by atoms with Gasteiger partial charge in [0, 0.05) is 18.0 Å². The molecule has 7 nitrogen and oxygen atoms in total. The Balaban J connectivity index is 1.42. The number of aryl methyl sites for hydroxylation is 2. The van der Waals surface area contributed by atoms with Crippen LogP contribution in [0, 0.1) is 0 Å². The summed E-state index contributed by atoms with van der Waals surface area (Å²) in [5.74, 6) is -0.0778. The van der Waals surface area contributed by atoms with E-state index in [1.54, 1.807) is 10.7 Å². The van der Waals surface area contributed by atoms with E-state index in [0.717, 1.165) is 60.7 Å². The molecule has 1 aromatic carbocycles. The summed E-state index contributed by atoms with van der Waals surface area (Å²) in [4.78, 5) is 27.6. The van der Waals surface area contributed by atoms with E-state index in [1.165, 1.54) is 0 Å². The van der Waals surface area contributed by atoms with Crippen molar-refractivity contribution in [3.05, 3.63) is 57.6 Å². The summed E-state index contributed by atoms with van der Waals surface area (Å²) in [7, 11) is 0. The maximum Gasteiger partial charge on any atom is 0.275 e. The van der Waals surface area contributed by atoms with Crippen molar-refractivity contribution in [3.8, 4) is 0 Å². The summed E-state index contributed by atoms with van der Waals surface area (Å²) in [5, 5.41) is 12.7. The fourth-order valence-electron chi connectivity index (χ4n) is 4.49. The minimum Gasteiger partial charge on any atom is -0.332 e. The van der Waals surface area contributed by atoms with E-state index in [4.69, 9.17) is 0 Å². The van der Waals surface area contributed by atoms with Crippen LogP contribution in [0.1, 0.15) is 47.4 Å². The Bertz CT molecular complexity index is 1100. The van der Waals surface area contributed by atoms with E-state index >= 15 is 0 Å². The number of amides is 1. The number of nitrogens with one attached hydrogen (secondary N) is 1. The standard InChI is InChI=1S/C21H23N5O2/c27-19-12-14-6-1-3-9-17(14)24-26(19)13-15-7-5-11-25(15)21(28)20-16-8-2-4-10-18(16)22-23-20/h2,4,8,10,12,15H,1,3,5-7,9,11,13H2,(H,22,23). The smallest absolute Gasteiger partial charge is 0.275 e. The number of hydrogen-bond acceptors (Lipinski definition) is 4. The Hall–Kier alpha value is -2.96. The molecule has 1 aliphatic carbocycles. The molecule has 0 spiro atoms. The lowest BCUT2D eigenvalue weighted by atomic mass is 9.97. The molecule has 28 heavy (non-hydrogen) atoms. The zero-order valence-corrected chi connectivity index (χ0v) is 15.7. The van der Waals surface area contributed by atoms with Crippen molar-refractivity contribution in [2.45, 2.75) is 51.1 Å². The number of hydrogen-bond donors (Lipinski definition) is 1. The van der Waals surface area contributed by atoms with E-state index < -0.39 is 0 Å². The fraction of sp³-hybridized carbons (Fsp3) is 0.429. The monoisotopic (exact) mass is 377 g/mol. The summed E-state index contributed by atoms with van der Waals surface area (Å²) >= 11 is 0. The lowest BCUT2D eigenvalue weighted by Gasteiger charge is -2.25. The summed E-state index contributed by atoms with van der Waals surface area (Å²) in [6, 6.07) is 9.36. The Morgan fingerprint density at radius 1 is 1.18 bits per heavy atom. The van der Waals surface area contributed by atoms with Gasteiger partial charge < -0.3 is 4.90 Å². The molecule has 1 saturated heterocycles. The van der Waals surface area contributed by atoms with E-state index in [1.807, 2.05) is 29.2 Å². The van der Waals surface area contributed by atoms with Crippen LogP contribution in [0.25, 0.3) is 10.9 Å². The molecule has 1 N–H and O–H groups in total. The number of benzene rings is 1. The van der Waals surface area contributed by atoms with Crippen molar-refractivity contribution < 1.29 is 4.79 Å². The zero-order valence-electron chi connectivity index (χ0n) is 15.7. The van der Waals surface area contributed by atoms with Crippen molar-refractivity contribution in [2.75, 3.05) is 6.54 Å². The second kappa shape index (κ2) is 6.89. The van der Waals surface area contributed by atoms with Gasteiger partial charge >= 0.3 is 0 Å². The summed E-state index contributed by atoms with van der Waals surface area (Å²) in [6.07, 6.45) is 5.93. The van der Waals surface area contributed by atoms with Gasteiger partial charge in [0.25, 0.3) is 11.5 Å². The van der Waals surface area contributed by atoms with E-state index in [2.05, 4.69) is 15.3 Å². The third-order valence-electron chi connectivity index (χ3n) is 5.97. The van der Waals surface area contributed by atoms with E-state index in [9.17, 15) is 9.59 Å². The Morgan fingerprint density at radius 3 is 2.96 bits per heavy atom. The third kappa shape index (κ3) is 2.91. The molecule has 3 aromatic rings. The molecule has 1 aliphatic heterocycles. The number of carbonyl (C=O) groups is 1. The largest absolute Gasteiger partial charge is 0.332 e. The van der Waals surface area contributed by atoms with Gasteiger partial charge in [-0.25, -0.2) is 4.68 Å². The van der Waals surface area contributed by atoms with Crippen LogP contribution in [0.3, 0.4) is 0 Å². The molecule has 7 heteroatoms. The first-order valence-electron chi connectivity index (χ1n) is 10.0. The minimum atomic E-state index is -0.0778. The molecule has 0 bridgehead atoms. The van der Waals surface area contributed by atoms with Crippen LogP contribution in [0.15, 0.2) is 35.1 Å². The van der Waals surface area contributed by atoms with E-state index in [-0.39, 0.29) is 17.5 Å². The van der Waals surface area contributed by atoms with Crippen LogP contribution in [-0.2, 0) is 19.4 Å². The van der Waals surface area contributed by atoms with Crippen LogP contribution in [0.5, 0.6) is 0 Å². The van der Waals surface area contributed by atoms with Crippen LogP contribution < -0.4 is 5.56 Å². The molecule has 1 amide bonds. The van der Waals surface area contributed by atoms with Gasteiger partial charge in [-0.3, -0.25) is 14.7 Å². The SMILES string of the molecule is O=C(c1n[nH]c2ccccc12)N1CCCC1Cn1nc2c(cc1=O)CCCC2. The van der Waals surface area contributed by atoms with Crippen LogP contribution in [-0.4, -0.2) is 43.4 Å². The zero-order chi connectivity index (χ0) is 19.1. The number of likely N-dealkylation sites (tertiary alicyclic amines) is 1. The van der Waals surface area contributed by atoms with Crippen LogP contribution in [0.4, 0.5) is 0 Å². The minimum absolute atomic E-state index is 0.0326. The number of carbonyl (C=O) groups excluding carboxylic acids is 1. The van der Waals surface area contributed by atoms with Crippen molar-refractivity contribution >= 4 is 16.8 Å². The molecule has 1 atom stereocenters. The van der Waals surface area contributed by atoms with Gasteiger partial charge in [0.15, 0.2) is 5.69 Å². The van der Waals surface area contributed by atoms with Gasteiger partial charge in [-0.1, -0.05) is 18.2 Å². The summed E-state index contributed by atoms with van der Waals surface area (Å²) in [6.45, 7) is 1.13. The number of aromatic amines is 1. The number of nitrogens with zero attached hydrogens (tertiary/aromatic N) is 4. The maximum atomic E-state index is 13.2. The Labute approximate surface area is 162 Å². The Morgan fingerprint density at radius 2 is 2.04 bits per heavy atom. The number of H-pyrrole nitrogens is 1. The lowest BCUT2D eigenvalue weighted by molar-refractivity contribution is 0.0716. The lowest BCUT2D eigenvalue weighted by Crippen LogP contribution is -2.41. The molecule has 1 unspecified atom stereocenters. The van der Waals surface area contributed by atoms with Gasteiger partial charge in [-0.2, -0.15) is 10.2 Å². The van der Waals surface area contributed by atoms with Gasteiger partial charge in [0.2, 0.25) is 0 Å². The topological polar surface area (TPSA) is 83.9 Å². The highest BCUT2D eigenvalue weighted by Gasteiger charge is 2.32. The van der Waals surface area contributed by atoms with Gasteiger partial charge in [0.1, 0.15) is 0 Å². The number of fused-ring (bicyclic) bond motifs is 2. The molecule has 2 aromatic heterocycles. The molecule has 0 radical (unpaired) electrons. The normalized spacial score (nSPS) is 19.1. The molecule has 0 saturated carbocycles. The number of rotatable bonds is 3. The quantitative estimate of drug-likeness (QED) is 0.759. The van der Waals surface area contributed by atoms with Crippen molar-refractivity contribution in [3.63, 3.8) is 0 Å². The fourth-order valence-corrected chi connectivity index (χ4v) is 4.49. The molecule has 5 rings (SSSR count). The van der Waals surface area contributed by atoms with Crippen molar-refractivity contribution in [1.29, 1.82) is 0 Å². The van der Waals surface area contributed by atoms with Gasteiger partial charge in [-0.05, 0) is 50.2 Å². The maximum absolute atomic E-state index is 13.2. The average molecular weight is 377 g/mol. The highest BCUT2D eigenvalue weighted by atomic mass is 16.2. The third-order valence-corrected chi connectivity index (χ3v) is 5.97. The molecule has 3 heterocycles. The Kier molecular flexibility index (Phi) is 4.22. The first-order chi connectivity index (χ1) is 13.7. The van der Waals surface area contributed by atoms with E-state index in [0.29, 0.717) is 18.8 Å². The summed E-state index contributed by atoms with van der Waals surface area (Å²) in [5.41, 5.74) is 3.38. The number of para-hydroxylation sites is 1. The first kappa shape index (κ1) is 17.2. The highest BCUT2D eigenvalue weighted by Crippen LogP contribution is 2.24. The van der Waals surface area contributed by atoms with Crippen molar-refractivity contribution in [1.82, 2.24) is 24.9 Å². The molecule has 1 fully saturated rings. The molecule has 144 valence electrons. The second-order valence-corrected chi connectivity index (χ2v) is 7.76. The average Bonchev–Trinajstić information content (AvgIpc) is 3.35. The van der Waals surface area contributed by atoms with Crippen LogP contribution >= 0.6 is 0 Å². The molecular weight excluding hydrogens is 354 g/mol. The first-order valence-corrected chi connectivity index (χ1v) is 10.0. The van der Waals surface area contributed by atoms with Crippen molar-refractivity contribution in [2.24, 2.45) is 0 Å². The van der Waals surface area contributed by atoms with Gasteiger partial charge in [0.05, 0.1) is 23.8 Å². The predicted molar refractivity (Wildman–Crippen MR) is 105 cm³/mol. The summed E-state index contributed by atoms with van der Waals surface area (Å²) < 4.78 is 1.56. The molecule has 2 aliphatic rings. The number of aromatic nitrogens is 4. The van der Waals surface area contributed by atoms with Gasteiger partial charge in [-0.15, -0.1) is 0 Å². The highest BCUT2D eigenvalue weighted by molar-refractivity contribution is 6.04. The van der Waals surface area contributed by atoms with Crippen LogP contribution in [0.2, 0.25) is 0 Å². The second-order valence-electron chi connectivity index (χ2n) is 7.76. The molecular formula is C21H23N5O2. The predicted octanol–water partition coefficient (Wildman–Crippen LogP) is 2.30.